The lowest BCUT2D eigenvalue weighted by Crippen LogP contribution is -2.41. The molecule has 116 valence electrons. The third-order valence-corrected chi connectivity index (χ3v) is 4.06. The van der Waals surface area contributed by atoms with Gasteiger partial charge >= 0.3 is 0 Å². The Morgan fingerprint density at radius 3 is 2.48 bits per heavy atom. The zero-order valence-electron chi connectivity index (χ0n) is 12.6. The van der Waals surface area contributed by atoms with Crippen molar-refractivity contribution in [3.8, 4) is 0 Å². The molecule has 1 aliphatic rings. The SMILES string of the molecule is C=CCN1C(=O)[C@](O)(CC(=O)c2ccccc2)c2ccccc21. The van der Waals surface area contributed by atoms with Gasteiger partial charge in [-0.3, -0.25) is 9.59 Å². The van der Waals surface area contributed by atoms with Gasteiger partial charge in [0.15, 0.2) is 11.4 Å². The molecule has 0 unspecified atom stereocenters. The summed E-state index contributed by atoms with van der Waals surface area (Å²) in [6.07, 6.45) is 1.32. The highest BCUT2D eigenvalue weighted by molar-refractivity contribution is 6.10. The second-order valence-corrected chi connectivity index (χ2v) is 5.55. The maximum atomic E-state index is 12.7. The average Bonchev–Trinajstić information content (AvgIpc) is 2.78. The molecular formula is C19H17NO3. The highest BCUT2D eigenvalue weighted by Crippen LogP contribution is 2.42. The van der Waals surface area contributed by atoms with Crippen LogP contribution in [0, 0.1) is 0 Å². The molecule has 1 N–H and O–H groups in total. The second kappa shape index (κ2) is 5.82. The number of nitrogens with zero attached hydrogens (tertiary/aromatic N) is 1. The molecule has 1 heterocycles. The van der Waals surface area contributed by atoms with Crippen molar-refractivity contribution in [2.45, 2.75) is 12.0 Å². The predicted octanol–water partition coefficient (Wildman–Crippen LogP) is 2.68. The zero-order chi connectivity index (χ0) is 16.4. The molecule has 2 aromatic rings. The number of fused-ring (bicyclic) bond motifs is 1. The van der Waals surface area contributed by atoms with Gasteiger partial charge in [-0.05, 0) is 6.07 Å². The van der Waals surface area contributed by atoms with Gasteiger partial charge < -0.3 is 10.0 Å². The summed E-state index contributed by atoms with van der Waals surface area (Å²) < 4.78 is 0. The van der Waals surface area contributed by atoms with Crippen LogP contribution in [0.1, 0.15) is 22.3 Å². The summed E-state index contributed by atoms with van der Waals surface area (Å²) in [4.78, 5) is 26.7. The monoisotopic (exact) mass is 307 g/mol. The topological polar surface area (TPSA) is 57.6 Å². The lowest BCUT2D eigenvalue weighted by Gasteiger charge is -2.22. The van der Waals surface area contributed by atoms with Crippen LogP contribution in [0.3, 0.4) is 0 Å². The van der Waals surface area contributed by atoms with Crippen LogP contribution in [-0.2, 0) is 10.4 Å². The fraction of sp³-hybridized carbons (Fsp3) is 0.158. The van der Waals surface area contributed by atoms with Crippen molar-refractivity contribution in [1.29, 1.82) is 0 Å². The van der Waals surface area contributed by atoms with Crippen LogP contribution in [0.5, 0.6) is 0 Å². The number of para-hydroxylation sites is 1. The van der Waals surface area contributed by atoms with Crippen LogP contribution in [0.4, 0.5) is 5.69 Å². The zero-order valence-corrected chi connectivity index (χ0v) is 12.6. The Kier molecular flexibility index (Phi) is 3.84. The standard InChI is InChI=1S/C19H17NO3/c1-2-12-20-16-11-7-6-10-15(16)19(23,18(20)22)13-17(21)14-8-4-3-5-9-14/h2-11,23H,1,12-13H2/t19-/m0/s1. The van der Waals surface area contributed by atoms with Gasteiger partial charge in [-0.25, -0.2) is 0 Å². The number of benzene rings is 2. The van der Waals surface area contributed by atoms with Crippen molar-refractivity contribution >= 4 is 17.4 Å². The first-order valence-electron chi connectivity index (χ1n) is 7.41. The van der Waals surface area contributed by atoms with Gasteiger partial charge in [-0.15, -0.1) is 6.58 Å². The van der Waals surface area contributed by atoms with Gasteiger partial charge in [0.05, 0.1) is 12.1 Å². The first-order valence-corrected chi connectivity index (χ1v) is 7.41. The van der Waals surface area contributed by atoms with E-state index in [1.54, 1.807) is 54.6 Å². The molecule has 0 saturated heterocycles. The first kappa shape index (κ1) is 15.2. The Hall–Kier alpha value is -2.72. The molecule has 1 atom stereocenters. The summed E-state index contributed by atoms with van der Waals surface area (Å²) in [5.74, 6) is -0.750. The number of rotatable bonds is 5. The highest BCUT2D eigenvalue weighted by Gasteiger charge is 2.50. The predicted molar refractivity (Wildman–Crippen MR) is 88.3 cm³/mol. The smallest absolute Gasteiger partial charge is 0.264 e. The van der Waals surface area contributed by atoms with Crippen molar-refractivity contribution in [2.75, 3.05) is 11.4 Å². The third-order valence-electron chi connectivity index (χ3n) is 4.06. The normalized spacial score (nSPS) is 19.5. The quantitative estimate of drug-likeness (QED) is 0.682. The number of aliphatic hydroxyl groups is 1. The van der Waals surface area contributed by atoms with Gasteiger partial charge in [-0.1, -0.05) is 54.6 Å². The van der Waals surface area contributed by atoms with Gasteiger partial charge in [-0.2, -0.15) is 0 Å². The van der Waals surface area contributed by atoms with Gasteiger partial charge in [0.1, 0.15) is 0 Å². The number of hydrogen-bond donors (Lipinski definition) is 1. The van der Waals surface area contributed by atoms with Crippen molar-refractivity contribution in [1.82, 2.24) is 0 Å². The van der Waals surface area contributed by atoms with Crippen LogP contribution >= 0.6 is 0 Å². The summed E-state index contributed by atoms with van der Waals surface area (Å²) in [5.41, 5.74) is -0.253. The average molecular weight is 307 g/mol. The summed E-state index contributed by atoms with van der Waals surface area (Å²) in [6, 6.07) is 15.7. The maximum Gasteiger partial charge on any atom is 0.264 e. The molecule has 4 heteroatoms. The van der Waals surface area contributed by atoms with E-state index in [9.17, 15) is 14.7 Å². The number of ketones is 1. The molecule has 0 spiro atoms. The molecule has 4 nitrogen and oxygen atoms in total. The summed E-state index contributed by atoms with van der Waals surface area (Å²) >= 11 is 0. The summed E-state index contributed by atoms with van der Waals surface area (Å²) in [7, 11) is 0. The number of Topliss-reactive ketones (excluding diaryl/α,β-unsaturated/α-hetero) is 1. The van der Waals surface area contributed by atoms with Crippen molar-refractivity contribution in [2.24, 2.45) is 0 Å². The van der Waals surface area contributed by atoms with Gasteiger partial charge in [0, 0.05) is 17.7 Å². The minimum Gasteiger partial charge on any atom is -0.375 e. The molecule has 0 fully saturated rings. The Morgan fingerprint density at radius 1 is 1.13 bits per heavy atom. The number of amides is 1. The molecule has 1 amide bonds. The van der Waals surface area contributed by atoms with E-state index < -0.39 is 11.5 Å². The van der Waals surface area contributed by atoms with E-state index >= 15 is 0 Å². The molecule has 23 heavy (non-hydrogen) atoms. The van der Waals surface area contributed by atoms with E-state index in [4.69, 9.17) is 0 Å². The summed E-state index contributed by atoms with van der Waals surface area (Å²) in [5, 5.41) is 11.0. The van der Waals surface area contributed by atoms with Crippen LogP contribution in [0.25, 0.3) is 0 Å². The first-order chi connectivity index (χ1) is 11.1. The molecule has 0 aromatic heterocycles. The fourth-order valence-electron chi connectivity index (χ4n) is 2.95. The Labute approximate surface area is 134 Å². The molecule has 1 aliphatic heterocycles. The van der Waals surface area contributed by atoms with Gasteiger partial charge in [0.25, 0.3) is 5.91 Å². The van der Waals surface area contributed by atoms with Crippen LogP contribution < -0.4 is 4.90 Å². The van der Waals surface area contributed by atoms with E-state index in [0.29, 0.717) is 16.8 Å². The fourth-order valence-corrected chi connectivity index (χ4v) is 2.95. The van der Waals surface area contributed by atoms with E-state index in [1.165, 1.54) is 4.90 Å². The minimum absolute atomic E-state index is 0.267. The molecular weight excluding hydrogens is 290 g/mol. The van der Waals surface area contributed by atoms with Crippen LogP contribution in [-0.4, -0.2) is 23.3 Å². The number of anilines is 1. The Bertz CT molecular complexity index is 769. The summed E-state index contributed by atoms with van der Waals surface area (Å²) in [6.45, 7) is 3.93. The lowest BCUT2D eigenvalue weighted by atomic mass is 9.88. The molecule has 0 bridgehead atoms. The highest BCUT2D eigenvalue weighted by atomic mass is 16.3. The van der Waals surface area contributed by atoms with Gasteiger partial charge in [0.2, 0.25) is 0 Å². The van der Waals surface area contributed by atoms with Crippen LogP contribution in [0.15, 0.2) is 67.3 Å². The van der Waals surface area contributed by atoms with E-state index in [1.807, 2.05) is 6.07 Å². The molecule has 0 aliphatic carbocycles. The maximum absolute atomic E-state index is 12.7. The largest absolute Gasteiger partial charge is 0.375 e. The Balaban J connectivity index is 1.99. The minimum atomic E-state index is -1.83. The van der Waals surface area contributed by atoms with E-state index in [0.717, 1.165) is 0 Å². The Morgan fingerprint density at radius 2 is 1.78 bits per heavy atom. The molecule has 3 rings (SSSR count). The second-order valence-electron chi connectivity index (χ2n) is 5.55. The lowest BCUT2D eigenvalue weighted by molar-refractivity contribution is -0.135. The van der Waals surface area contributed by atoms with Crippen molar-refractivity contribution in [3.05, 3.63) is 78.4 Å². The van der Waals surface area contributed by atoms with E-state index in [2.05, 4.69) is 6.58 Å². The van der Waals surface area contributed by atoms with Crippen LogP contribution in [0.2, 0.25) is 0 Å². The van der Waals surface area contributed by atoms with E-state index in [-0.39, 0.29) is 18.7 Å². The number of carbonyl (C=O) groups is 2. The van der Waals surface area contributed by atoms with Crippen molar-refractivity contribution < 1.29 is 14.7 Å². The molecule has 2 aromatic carbocycles. The number of carbonyl (C=O) groups excluding carboxylic acids is 2. The van der Waals surface area contributed by atoms with Crippen molar-refractivity contribution in [3.63, 3.8) is 0 Å². The molecule has 0 radical (unpaired) electrons. The third kappa shape index (κ3) is 2.47. The molecule has 0 saturated carbocycles. The number of hydrogen-bond acceptors (Lipinski definition) is 3.